The normalized spacial score (nSPS) is 55.8. The summed E-state index contributed by atoms with van der Waals surface area (Å²) < 4.78 is 5.87. The first-order chi connectivity index (χ1) is 11.6. The number of aliphatic hydroxyl groups is 2. The molecular formula is C19H23NaO6. The van der Waals surface area contributed by atoms with Crippen molar-refractivity contribution in [3.8, 4) is 0 Å². The first-order valence-electron chi connectivity index (χ1n) is 8.86. The van der Waals surface area contributed by atoms with Crippen LogP contribution < -0.4 is 0 Å². The van der Waals surface area contributed by atoms with Gasteiger partial charge in [0.15, 0.2) is 0 Å². The Bertz CT molecular complexity index is 778. The van der Waals surface area contributed by atoms with Crippen LogP contribution in [0.3, 0.4) is 0 Å². The van der Waals surface area contributed by atoms with Crippen molar-refractivity contribution in [2.24, 2.45) is 28.6 Å². The fraction of sp³-hybridized carbons (Fsp3) is 0.684. The summed E-state index contributed by atoms with van der Waals surface area (Å²) >= 11 is 0. The molecule has 136 valence electrons. The molecule has 1 spiro atoms. The number of carboxylic acids is 1. The molecule has 1 saturated heterocycles. The Balaban J connectivity index is 0.00000168. The molecule has 0 aromatic heterocycles. The molecule has 0 unspecified atom stereocenters. The van der Waals surface area contributed by atoms with E-state index in [9.17, 15) is 24.9 Å². The Labute approximate surface area is 173 Å². The molecule has 4 aliphatic carbocycles. The van der Waals surface area contributed by atoms with Gasteiger partial charge in [-0.25, -0.2) is 0 Å². The first kappa shape index (κ1) is 18.7. The van der Waals surface area contributed by atoms with Gasteiger partial charge >= 0.3 is 41.5 Å². The minimum absolute atomic E-state index is 0. The van der Waals surface area contributed by atoms with Gasteiger partial charge in [0.25, 0.3) is 0 Å². The molecule has 0 aromatic rings. The van der Waals surface area contributed by atoms with E-state index in [1.165, 1.54) is 0 Å². The van der Waals surface area contributed by atoms with Gasteiger partial charge in [0.2, 0.25) is 0 Å². The molecular weight excluding hydrogens is 347 g/mol. The van der Waals surface area contributed by atoms with Gasteiger partial charge in [-0.05, 0) is 49.7 Å². The van der Waals surface area contributed by atoms with Crippen LogP contribution in [0.25, 0.3) is 0 Å². The molecule has 1 heterocycles. The van der Waals surface area contributed by atoms with Gasteiger partial charge < -0.3 is 20.1 Å². The Morgan fingerprint density at radius 2 is 2.12 bits per heavy atom. The van der Waals surface area contributed by atoms with Gasteiger partial charge in [-0.15, -0.1) is 0 Å². The number of fused-ring (bicyclic) bond motifs is 1. The van der Waals surface area contributed by atoms with Gasteiger partial charge in [-0.2, -0.15) is 0 Å². The summed E-state index contributed by atoms with van der Waals surface area (Å²) in [6.07, 6.45) is 4.11. The van der Waals surface area contributed by atoms with Crippen molar-refractivity contribution in [1.29, 1.82) is 0 Å². The summed E-state index contributed by atoms with van der Waals surface area (Å²) in [7, 11) is 0. The summed E-state index contributed by atoms with van der Waals surface area (Å²) in [5.74, 6) is -3.18. The molecule has 1 aliphatic heterocycles. The van der Waals surface area contributed by atoms with Crippen LogP contribution >= 0.6 is 0 Å². The number of hydrogen-bond donors (Lipinski definition) is 3. The second kappa shape index (κ2) is 5.03. The van der Waals surface area contributed by atoms with E-state index in [0.717, 1.165) is 0 Å². The topological polar surface area (TPSA) is 104 Å². The number of rotatable bonds is 1. The van der Waals surface area contributed by atoms with Gasteiger partial charge in [0, 0.05) is 11.8 Å². The van der Waals surface area contributed by atoms with Gasteiger partial charge in [0.05, 0.1) is 17.6 Å². The quantitative estimate of drug-likeness (QED) is 0.350. The van der Waals surface area contributed by atoms with E-state index >= 15 is 0 Å². The van der Waals surface area contributed by atoms with E-state index in [2.05, 4.69) is 6.58 Å². The third-order valence-corrected chi connectivity index (χ3v) is 8.12. The second-order valence-electron chi connectivity index (χ2n) is 8.94. The number of ether oxygens (including phenoxy) is 1. The predicted octanol–water partition coefficient (Wildman–Crippen LogP) is 0.379. The van der Waals surface area contributed by atoms with Crippen LogP contribution in [0.5, 0.6) is 0 Å². The van der Waals surface area contributed by atoms with Crippen molar-refractivity contribution >= 4 is 41.5 Å². The summed E-state index contributed by atoms with van der Waals surface area (Å²) in [6.45, 7) is 5.64. The van der Waals surface area contributed by atoms with E-state index in [0.29, 0.717) is 31.3 Å². The number of esters is 1. The van der Waals surface area contributed by atoms with Crippen molar-refractivity contribution in [3.63, 3.8) is 0 Å². The molecule has 0 amide bonds. The molecule has 26 heavy (non-hydrogen) atoms. The molecule has 3 saturated carbocycles. The number of carboxylic acid groups (broad SMARTS) is 1. The number of aliphatic hydroxyl groups excluding tert-OH is 1. The van der Waals surface area contributed by atoms with Crippen LogP contribution in [-0.2, 0) is 14.3 Å². The molecule has 6 nitrogen and oxygen atoms in total. The molecule has 0 radical (unpaired) electrons. The zero-order chi connectivity index (χ0) is 18.0. The number of carbonyl (C=O) groups excluding carboxylic acids is 1. The maximum absolute atomic E-state index is 12.7. The van der Waals surface area contributed by atoms with E-state index < -0.39 is 51.9 Å². The van der Waals surface area contributed by atoms with Crippen LogP contribution in [0.1, 0.15) is 32.6 Å². The fourth-order valence-corrected chi connectivity index (χ4v) is 7.13. The maximum atomic E-state index is 12.7. The third-order valence-electron chi connectivity index (χ3n) is 8.12. The van der Waals surface area contributed by atoms with Crippen molar-refractivity contribution in [2.45, 2.75) is 49.9 Å². The summed E-state index contributed by atoms with van der Waals surface area (Å²) in [6, 6.07) is 0. The third kappa shape index (κ3) is 1.68. The van der Waals surface area contributed by atoms with Crippen LogP contribution in [0.2, 0.25) is 0 Å². The monoisotopic (exact) mass is 370 g/mol. The van der Waals surface area contributed by atoms with Crippen LogP contribution in [0.15, 0.2) is 24.3 Å². The average Bonchev–Trinajstić information content (AvgIpc) is 2.95. The summed E-state index contributed by atoms with van der Waals surface area (Å²) in [5.41, 5.74) is -3.29. The predicted molar refractivity (Wildman–Crippen MR) is 92.3 cm³/mol. The molecule has 0 aromatic carbocycles. The summed E-state index contributed by atoms with van der Waals surface area (Å²) in [4.78, 5) is 25.1. The number of aliphatic carboxylic acids is 1. The average molecular weight is 370 g/mol. The van der Waals surface area contributed by atoms with E-state index in [1.54, 1.807) is 19.1 Å². The zero-order valence-corrected chi connectivity index (χ0v) is 14.1. The van der Waals surface area contributed by atoms with E-state index in [4.69, 9.17) is 4.74 Å². The number of carbonyl (C=O) groups is 2. The molecule has 4 bridgehead atoms. The number of hydrogen-bond acceptors (Lipinski definition) is 5. The Morgan fingerprint density at radius 3 is 2.77 bits per heavy atom. The fourth-order valence-electron chi connectivity index (χ4n) is 7.13. The molecule has 5 aliphatic rings. The zero-order valence-electron chi connectivity index (χ0n) is 14.1. The van der Waals surface area contributed by atoms with Gasteiger partial charge in [-0.1, -0.05) is 12.7 Å². The Hall–Kier alpha value is -0.660. The molecule has 8 atom stereocenters. The second-order valence-corrected chi connectivity index (χ2v) is 8.94. The molecule has 5 rings (SSSR count). The van der Waals surface area contributed by atoms with Crippen molar-refractivity contribution in [1.82, 2.24) is 0 Å². The van der Waals surface area contributed by atoms with Gasteiger partial charge in [-0.3, -0.25) is 9.59 Å². The van der Waals surface area contributed by atoms with Crippen molar-refractivity contribution in [3.05, 3.63) is 24.3 Å². The Kier molecular flexibility index (Phi) is 3.62. The first-order valence-corrected chi connectivity index (χ1v) is 8.86. The molecule has 4 fully saturated rings. The van der Waals surface area contributed by atoms with Crippen LogP contribution in [-0.4, -0.2) is 74.1 Å². The Morgan fingerprint density at radius 1 is 1.42 bits per heavy atom. The SMILES string of the molecule is C=C1C[C@]23C[C@@]1(O)CC[C@H]2[C@@]12C=C[C@H](O)[C@@](C)(C(=O)O1)[C@H]2[C@@H]3C(=O)O.[NaH]. The molecule has 7 heteroatoms. The van der Waals surface area contributed by atoms with Crippen molar-refractivity contribution in [2.75, 3.05) is 0 Å². The van der Waals surface area contributed by atoms with Crippen LogP contribution in [0.4, 0.5) is 0 Å². The standard InChI is InChI=1S/C19H22O6.Na.H/c1-9-7-17-8-18(9,24)5-3-10(17)19-6-4-11(20)16(2,15(23)25-19)13(19)12(17)14(21)22;;/h4,6,10-13,20,24H,1,3,5,7-8H2,2H3,(H,21,22);;/t10-,11+,12-,13-,16-,17+,18+,19-;;/m1../s1. The van der Waals surface area contributed by atoms with Gasteiger partial charge in [0.1, 0.15) is 11.0 Å². The molecule has 3 N–H and O–H groups in total. The van der Waals surface area contributed by atoms with Crippen molar-refractivity contribution < 1.29 is 29.6 Å². The van der Waals surface area contributed by atoms with E-state index in [-0.39, 0.29) is 35.5 Å². The minimum atomic E-state index is -1.27. The van der Waals surface area contributed by atoms with E-state index in [1.807, 2.05) is 0 Å². The van der Waals surface area contributed by atoms with Crippen LogP contribution in [0, 0.1) is 28.6 Å². The summed E-state index contributed by atoms with van der Waals surface area (Å²) in [5, 5.41) is 31.6.